The van der Waals surface area contributed by atoms with Crippen molar-refractivity contribution >= 4 is 11.9 Å². The summed E-state index contributed by atoms with van der Waals surface area (Å²) in [4.78, 5) is 25.0. The van der Waals surface area contributed by atoms with Crippen molar-refractivity contribution in [2.45, 2.75) is 32.5 Å². The van der Waals surface area contributed by atoms with Crippen molar-refractivity contribution in [2.75, 3.05) is 0 Å². The molecule has 0 aromatic rings. The molecule has 0 aromatic heterocycles. The molecule has 6 fully saturated rings. The summed E-state index contributed by atoms with van der Waals surface area (Å²) in [5.74, 6) is 4.14. The van der Waals surface area contributed by atoms with Gasteiger partial charge in [0.05, 0.1) is 0 Å². The lowest BCUT2D eigenvalue weighted by Crippen LogP contribution is -2.54. The van der Waals surface area contributed by atoms with Gasteiger partial charge in [0.15, 0.2) is 5.92 Å². The van der Waals surface area contributed by atoms with Crippen LogP contribution in [0.4, 0.5) is 0 Å². The van der Waals surface area contributed by atoms with Gasteiger partial charge in [0.25, 0.3) is 5.79 Å². The minimum atomic E-state index is -1.09. The van der Waals surface area contributed by atoms with E-state index in [-0.39, 0.29) is 17.9 Å². The van der Waals surface area contributed by atoms with Gasteiger partial charge in [-0.15, -0.1) is 0 Å². The van der Waals surface area contributed by atoms with Gasteiger partial charge in [0.1, 0.15) is 0 Å². The number of hydrogen-bond acceptors (Lipinski definition) is 4. The highest BCUT2D eigenvalue weighted by Gasteiger charge is 2.82. The predicted octanol–water partition coefficient (Wildman–Crippen LogP) is 1.83. The molecule has 1 aliphatic heterocycles. The van der Waals surface area contributed by atoms with Gasteiger partial charge in [-0.25, -0.2) is 0 Å². The normalized spacial score (nSPS) is 61.1. The van der Waals surface area contributed by atoms with Crippen LogP contribution >= 0.6 is 0 Å². The monoisotopic (exact) mass is 288 g/mol. The van der Waals surface area contributed by atoms with Crippen molar-refractivity contribution in [2.24, 2.45) is 59.2 Å². The number of esters is 2. The first-order chi connectivity index (χ1) is 9.98. The van der Waals surface area contributed by atoms with E-state index in [2.05, 4.69) is 0 Å². The average Bonchev–Trinajstić information content (AvgIpc) is 2.85. The van der Waals surface area contributed by atoms with E-state index in [4.69, 9.17) is 9.47 Å². The number of hydrogen-bond donors (Lipinski definition) is 0. The Bertz CT molecular complexity index is 570. The zero-order chi connectivity index (χ0) is 14.3. The van der Waals surface area contributed by atoms with Crippen LogP contribution in [-0.2, 0) is 19.1 Å². The Hall–Kier alpha value is -1.06. The lowest BCUT2D eigenvalue weighted by Gasteiger charge is -2.49. The molecule has 1 saturated heterocycles. The molecule has 0 amide bonds. The fourth-order valence-electron chi connectivity index (χ4n) is 8.04. The van der Waals surface area contributed by atoms with E-state index in [9.17, 15) is 9.59 Å². The Morgan fingerprint density at radius 2 is 1.24 bits per heavy atom. The van der Waals surface area contributed by atoms with E-state index >= 15 is 0 Å². The van der Waals surface area contributed by atoms with Crippen LogP contribution in [0, 0.1) is 59.2 Å². The zero-order valence-electron chi connectivity index (χ0n) is 12.3. The van der Waals surface area contributed by atoms with Gasteiger partial charge in [-0.05, 0) is 66.1 Å². The highest BCUT2D eigenvalue weighted by Crippen LogP contribution is 2.85. The van der Waals surface area contributed by atoms with Crippen LogP contribution in [0.2, 0.25) is 0 Å². The van der Waals surface area contributed by atoms with E-state index < -0.39 is 11.7 Å². The second-order valence-electron chi connectivity index (χ2n) is 8.73. The highest BCUT2D eigenvalue weighted by molar-refractivity contribution is 5.97. The molecule has 21 heavy (non-hydrogen) atoms. The van der Waals surface area contributed by atoms with Gasteiger partial charge in [0.2, 0.25) is 0 Å². The second kappa shape index (κ2) is 3.02. The maximum absolute atomic E-state index is 12.5. The van der Waals surface area contributed by atoms with Crippen molar-refractivity contribution in [3.05, 3.63) is 0 Å². The zero-order valence-corrected chi connectivity index (χ0v) is 12.3. The van der Waals surface area contributed by atoms with Gasteiger partial charge in [0, 0.05) is 13.8 Å². The Kier molecular flexibility index (Phi) is 1.65. The van der Waals surface area contributed by atoms with Crippen LogP contribution in [0.1, 0.15) is 26.7 Å². The summed E-state index contributed by atoms with van der Waals surface area (Å²) in [5, 5.41) is 0. The summed E-state index contributed by atoms with van der Waals surface area (Å²) in [5.41, 5.74) is 0. The molecule has 6 rings (SSSR count). The lowest BCUT2D eigenvalue weighted by molar-refractivity contribution is -0.246. The van der Waals surface area contributed by atoms with E-state index in [0.29, 0.717) is 11.8 Å². The molecule has 5 saturated carbocycles. The smallest absolute Gasteiger partial charge is 0.323 e. The SMILES string of the molecule is CC1(C)OC(=O)C([C@@H]2[C@@H]3[C@@H]4C[C@@H]5[C@@H]6[C@H]4C[C@H]3[C@H]6[C@@H]52)C(=O)O1. The first kappa shape index (κ1) is 11.5. The van der Waals surface area contributed by atoms with Crippen LogP contribution in [-0.4, -0.2) is 17.7 Å². The summed E-state index contributed by atoms with van der Waals surface area (Å²) in [6.07, 6.45) is 2.74. The third-order valence-corrected chi connectivity index (χ3v) is 7.97. The number of cyclic esters (lactones) is 2. The summed E-state index contributed by atoms with van der Waals surface area (Å²) >= 11 is 0. The summed E-state index contributed by atoms with van der Waals surface area (Å²) in [6.45, 7) is 3.28. The molecule has 4 nitrogen and oxygen atoms in total. The number of fused-ring (bicyclic) bond motifs is 2. The van der Waals surface area contributed by atoms with Crippen molar-refractivity contribution in [3.63, 3.8) is 0 Å². The fraction of sp³-hybridized carbons (Fsp3) is 0.882. The van der Waals surface area contributed by atoms with Crippen LogP contribution in [0.3, 0.4) is 0 Å². The third-order valence-electron chi connectivity index (χ3n) is 7.97. The number of rotatable bonds is 1. The van der Waals surface area contributed by atoms with Crippen LogP contribution < -0.4 is 0 Å². The molecule has 0 aromatic carbocycles. The molecule has 112 valence electrons. The van der Waals surface area contributed by atoms with Gasteiger partial charge in [-0.1, -0.05) is 0 Å². The van der Waals surface area contributed by atoms with Crippen LogP contribution in [0.25, 0.3) is 0 Å². The molecule has 4 heteroatoms. The Morgan fingerprint density at radius 3 is 1.81 bits per heavy atom. The molecular formula is C17H20O4. The van der Waals surface area contributed by atoms with Gasteiger partial charge >= 0.3 is 11.9 Å². The highest BCUT2D eigenvalue weighted by atomic mass is 16.7. The average molecular weight is 288 g/mol. The Morgan fingerprint density at radius 1 is 0.762 bits per heavy atom. The maximum atomic E-state index is 12.5. The van der Waals surface area contributed by atoms with E-state index in [1.807, 2.05) is 0 Å². The number of ether oxygens (including phenoxy) is 2. The maximum Gasteiger partial charge on any atom is 0.323 e. The molecule has 1 heterocycles. The third kappa shape index (κ3) is 1.02. The van der Waals surface area contributed by atoms with E-state index in [1.165, 1.54) is 12.8 Å². The standard InChI is InChI=1S/C17H20O4/c1-17(2)20-15(18)14(16(19)21-17)13-10-6-4-7-9-5(6)3-8(10)11(9)12(7)13/h5-14H,3-4H2,1-2H3/t5-,6+,7+,8+,9-,10+,11+,12+,13+/m0/s1. The van der Waals surface area contributed by atoms with Gasteiger partial charge in [-0.2, -0.15) is 0 Å². The second-order valence-corrected chi connectivity index (χ2v) is 8.73. The van der Waals surface area contributed by atoms with Crippen LogP contribution in [0.15, 0.2) is 0 Å². The molecule has 0 N–H and O–H groups in total. The number of carbonyl (C=O) groups excluding carboxylic acids is 2. The quantitative estimate of drug-likeness (QED) is 0.545. The number of carbonyl (C=O) groups is 2. The Labute approximate surface area is 123 Å². The minimum absolute atomic E-state index is 0.226. The summed E-state index contributed by atoms with van der Waals surface area (Å²) in [6, 6.07) is 0. The van der Waals surface area contributed by atoms with Gasteiger partial charge < -0.3 is 9.47 Å². The summed E-state index contributed by atoms with van der Waals surface area (Å²) < 4.78 is 10.8. The molecule has 9 atom stereocenters. The van der Waals surface area contributed by atoms with Crippen molar-refractivity contribution in [3.8, 4) is 0 Å². The first-order valence-electron chi connectivity index (χ1n) is 8.44. The molecule has 0 unspecified atom stereocenters. The molecule has 2 bridgehead atoms. The Balaban J connectivity index is 1.41. The molecule has 6 aliphatic rings. The largest absolute Gasteiger partial charge is 0.422 e. The van der Waals surface area contributed by atoms with E-state index in [1.54, 1.807) is 13.8 Å². The minimum Gasteiger partial charge on any atom is -0.422 e. The fourth-order valence-corrected chi connectivity index (χ4v) is 8.04. The predicted molar refractivity (Wildman–Crippen MR) is 70.4 cm³/mol. The van der Waals surface area contributed by atoms with Crippen molar-refractivity contribution in [1.29, 1.82) is 0 Å². The molecule has 0 spiro atoms. The van der Waals surface area contributed by atoms with Crippen molar-refractivity contribution in [1.82, 2.24) is 0 Å². The molecular weight excluding hydrogens is 268 g/mol. The van der Waals surface area contributed by atoms with Crippen LogP contribution in [0.5, 0.6) is 0 Å². The van der Waals surface area contributed by atoms with Crippen molar-refractivity contribution < 1.29 is 19.1 Å². The van der Waals surface area contributed by atoms with E-state index in [0.717, 1.165) is 35.5 Å². The topological polar surface area (TPSA) is 52.6 Å². The molecule has 0 radical (unpaired) electrons. The molecule has 5 aliphatic carbocycles. The first-order valence-corrected chi connectivity index (χ1v) is 8.44. The van der Waals surface area contributed by atoms with Gasteiger partial charge in [-0.3, -0.25) is 9.59 Å². The lowest BCUT2D eigenvalue weighted by atomic mass is 9.55. The summed E-state index contributed by atoms with van der Waals surface area (Å²) in [7, 11) is 0.